The van der Waals surface area contributed by atoms with Crippen molar-refractivity contribution in [1.29, 1.82) is 0 Å². The highest BCUT2D eigenvalue weighted by molar-refractivity contribution is 7.98. The predicted octanol–water partition coefficient (Wildman–Crippen LogP) is 4.70. The number of hydrogen-bond acceptors (Lipinski definition) is 5. The van der Waals surface area contributed by atoms with Crippen LogP contribution in [0.25, 0.3) is 16.6 Å². The number of nitrogens with zero attached hydrogens (tertiary/aromatic N) is 4. The van der Waals surface area contributed by atoms with E-state index in [1.165, 1.54) is 0 Å². The Morgan fingerprint density at radius 2 is 1.66 bits per heavy atom. The van der Waals surface area contributed by atoms with Crippen LogP contribution in [0.1, 0.15) is 28.5 Å². The fraction of sp³-hybridized carbons (Fsp3) is 0.217. The molecule has 0 amide bonds. The molecule has 2 heterocycles. The lowest BCUT2D eigenvalue weighted by molar-refractivity contribution is 0.873. The fourth-order valence-electron chi connectivity index (χ4n) is 3.50. The number of benzene rings is 2. The minimum Gasteiger partial charge on any atom is -0.268 e. The van der Waals surface area contributed by atoms with Gasteiger partial charge in [0.1, 0.15) is 16.7 Å². The third-order valence-corrected chi connectivity index (χ3v) is 5.73. The first-order chi connectivity index (χ1) is 13.9. The molecule has 6 heteroatoms. The van der Waals surface area contributed by atoms with Gasteiger partial charge < -0.3 is 0 Å². The average Bonchev–Trinajstić information content (AvgIpc) is 2.66. The number of aryl methyl sites for hydroxylation is 4. The van der Waals surface area contributed by atoms with Crippen molar-refractivity contribution in [2.75, 3.05) is 0 Å². The Balaban J connectivity index is 1.89. The van der Waals surface area contributed by atoms with Crippen molar-refractivity contribution in [3.63, 3.8) is 0 Å². The molecule has 2 aromatic carbocycles. The Kier molecular flexibility index (Phi) is 5.20. The van der Waals surface area contributed by atoms with Gasteiger partial charge in [-0.3, -0.25) is 9.36 Å². The molecule has 4 aromatic rings. The van der Waals surface area contributed by atoms with Crippen LogP contribution >= 0.6 is 11.8 Å². The van der Waals surface area contributed by atoms with Gasteiger partial charge in [-0.05, 0) is 57.0 Å². The number of para-hydroxylation sites is 1. The smallest absolute Gasteiger partial charge is 0.266 e. The van der Waals surface area contributed by atoms with Crippen molar-refractivity contribution in [2.24, 2.45) is 0 Å². The molecule has 0 fully saturated rings. The van der Waals surface area contributed by atoms with Crippen molar-refractivity contribution >= 4 is 22.7 Å². The van der Waals surface area contributed by atoms with E-state index in [2.05, 4.69) is 9.97 Å². The summed E-state index contributed by atoms with van der Waals surface area (Å²) in [6, 6.07) is 15.7. The van der Waals surface area contributed by atoms with Gasteiger partial charge in [-0.2, -0.15) is 0 Å². The molecule has 0 unspecified atom stereocenters. The van der Waals surface area contributed by atoms with Crippen LogP contribution < -0.4 is 5.56 Å². The summed E-state index contributed by atoms with van der Waals surface area (Å²) in [6.07, 6.45) is 0. The first kappa shape index (κ1) is 19.3. The normalized spacial score (nSPS) is 11.2. The molecule has 0 aliphatic carbocycles. The predicted molar refractivity (Wildman–Crippen MR) is 118 cm³/mol. The van der Waals surface area contributed by atoms with Gasteiger partial charge >= 0.3 is 0 Å². The molecule has 0 N–H and O–H groups in total. The van der Waals surface area contributed by atoms with E-state index in [-0.39, 0.29) is 5.56 Å². The SMILES string of the molecule is Cc1cc(SCc2nc3cccc(C)c3c(=O)n2-c2ccccc2C)nc(C)n1. The monoisotopic (exact) mass is 402 g/mol. The van der Waals surface area contributed by atoms with Crippen LogP contribution in [0.3, 0.4) is 0 Å². The van der Waals surface area contributed by atoms with Crippen LogP contribution in [0.2, 0.25) is 0 Å². The highest BCUT2D eigenvalue weighted by Crippen LogP contribution is 2.24. The summed E-state index contributed by atoms with van der Waals surface area (Å²) in [6.45, 7) is 7.81. The highest BCUT2D eigenvalue weighted by Gasteiger charge is 2.16. The molecule has 4 rings (SSSR count). The van der Waals surface area contributed by atoms with Gasteiger partial charge in [0.05, 0.1) is 22.3 Å². The van der Waals surface area contributed by atoms with E-state index < -0.39 is 0 Å². The number of aromatic nitrogens is 4. The lowest BCUT2D eigenvalue weighted by atomic mass is 10.1. The van der Waals surface area contributed by atoms with Crippen molar-refractivity contribution in [2.45, 2.75) is 38.5 Å². The Morgan fingerprint density at radius 1 is 0.897 bits per heavy atom. The second-order valence-corrected chi connectivity index (χ2v) is 8.10. The molecule has 0 aliphatic heterocycles. The maximum atomic E-state index is 13.5. The molecule has 2 aromatic heterocycles. The quantitative estimate of drug-likeness (QED) is 0.366. The van der Waals surface area contributed by atoms with Gasteiger partial charge in [-0.1, -0.05) is 42.1 Å². The maximum Gasteiger partial charge on any atom is 0.266 e. The molecular formula is C23H22N4OS. The van der Waals surface area contributed by atoms with E-state index >= 15 is 0 Å². The van der Waals surface area contributed by atoms with Crippen LogP contribution in [-0.2, 0) is 5.75 Å². The molecule has 0 saturated carbocycles. The van der Waals surface area contributed by atoms with Crippen LogP contribution in [0.4, 0.5) is 0 Å². The first-order valence-corrected chi connectivity index (χ1v) is 10.4. The minimum atomic E-state index is -0.0342. The van der Waals surface area contributed by atoms with Gasteiger partial charge in [0, 0.05) is 5.69 Å². The molecule has 0 spiro atoms. The maximum absolute atomic E-state index is 13.5. The molecule has 0 radical (unpaired) electrons. The van der Waals surface area contributed by atoms with Crippen molar-refractivity contribution in [1.82, 2.24) is 19.5 Å². The molecule has 0 saturated heterocycles. The van der Waals surface area contributed by atoms with Crippen LogP contribution in [0.15, 0.2) is 58.4 Å². The van der Waals surface area contributed by atoms with E-state index in [9.17, 15) is 4.79 Å². The molecule has 0 bridgehead atoms. The largest absolute Gasteiger partial charge is 0.268 e. The zero-order valence-electron chi connectivity index (χ0n) is 16.9. The van der Waals surface area contributed by atoms with Crippen LogP contribution in [0.5, 0.6) is 0 Å². The summed E-state index contributed by atoms with van der Waals surface area (Å²) in [5.41, 5.74) is 4.45. The number of rotatable bonds is 4. The Bertz CT molecular complexity index is 1260. The Morgan fingerprint density at radius 3 is 2.41 bits per heavy atom. The standard InChI is InChI=1S/C23H22N4OS/c1-14-8-5-6-11-19(14)27-20(13-29-21-12-16(3)24-17(4)25-21)26-18-10-7-9-15(2)22(18)23(27)28/h5-12H,13H2,1-4H3. The van der Waals surface area contributed by atoms with E-state index in [1.807, 2.05) is 76.2 Å². The second kappa shape index (κ2) is 7.79. The van der Waals surface area contributed by atoms with Gasteiger partial charge in [0.2, 0.25) is 0 Å². The van der Waals surface area contributed by atoms with Crippen molar-refractivity contribution in [3.05, 3.63) is 87.4 Å². The van der Waals surface area contributed by atoms with E-state index in [0.717, 1.165) is 38.9 Å². The van der Waals surface area contributed by atoms with Gasteiger partial charge in [0.15, 0.2) is 0 Å². The first-order valence-electron chi connectivity index (χ1n) is 9.46. The summed E-state index contributed by atoms with van der Waals surface area (Å²) in [7, 11) is 0. The fourth-order valence-corrected chi connectivity index (χ4v) is 4.42. The second-order valence-electron chi connectivity index (χ2n) is 7.11. The van der Waals surface area contributed by atoms with E-state index in [0.29, 0.717) is 17.0 Å². The molecule has 5 nitrogen and oxygen atoms in total. The summed E-state index contributed by atoms with van der Waals surface area (Å²) in [4.78, 5) is 27.2. The van der Waals surface area contributed by atoms with Gasteiger partial charge in [0.25, 0.3) is 5.56 Å². The zero-order valence-corrected chi connectivity index (χ0v) is 17.7. The van der Waals surface area contributed by atoms with Gasteiger partial charge in [-0.15, -0.1) is 0 Å². The molecule has 146 valence electrons. The third-order valence-electron chi connectivity index (χ3n) is 4.82. The molecular weight excluding hydrogens is 380 g/mol. The van der Waals surface area contributed by atoms with E-state index in [1.54, 1.807) is 16.3 Å². The number of thioether (sulfide) groups is 1. The summed E-state index contributed by atoms with van der Waals surface area (Å²) in [5.74, 6) is 1.98. The topological polar surface area (TPSA) is 60.7 Å². The average molecular weight is 403 g/mol. The van der Waals surface area contributed by atoms with Crippen LogP contribution in [-0.4, -0.2) is 19.5 Å². The number of hydrogen-bond donors (Lipinski definition) is 0. The minimum absolute atomic E-state index is 0.0342. The van der Waals surface area contributed by atoms with Crippen molar-refractivity contribution < 1.29 is 0 Å². The zero-order chi connectivity index (χ0) is 20.5. The van der Waals surface area contributed by atoms with Crippen LogP contribution in [0, 0.1) is 27.7 Å². The molecule has 0 aliphatic rings. The summed E-state index contributed by atoms with van der Waals surface area (Å²) in [5, 5.41) is 1.54. The molecule has 29 heavy (non-hydrogen) atoms. The lowest BCUT2D eigenvalue weighted by Gasteiger charge is -2.16. The highest BCUT2D eigenvalue weighted by atomic mass is 32.2. The third kappa shape index (κ3) is 3.80. The lowest BCUT2D eigenvalue weighted by Crippen LogP contribution is -2.25. The Labute approximate surface area is 173 Å². The molecule has 0 atom stereocenters. The Hall–Kier alpha value is -2.99. The summed E-state index contributed by atoms with van der Waals surface area (Å²) < 4.78 is 1.75. The van der Waals surface area contributed by atoms with Crippen molar-refractivity contribution in [3.8, 4) is 5.69 Å². The summed E-state index contributed by atoms with van der Waals surface area (Å²) >= 11 is 1.56. The van der Waals surface area contributed by atoms with E-state index in [4.69, 9.17) is 4.98 Å². The number of fused-ring (bicyclic) bond motifs is 1. The van der Waals surface area contributed by atoms with Gasteiger partial charge in [-0.25, -0.2) is 15.0 Å².